The lowest BCUT2D eigenvalue weighted by Gasteiger charge is -1.97. The second-order valence-electron chi connectivity index (χ2n) is 1.77. The maximum Gasteiger partial charge on any atom is 0.161 e. The van der Waals surface area contributed by atoms with Crippen molar-refractivity contribution in [1.29, 1.82) is 0 Å². The van der Waals surface area contributed by atoms with Gasteiger partial charge in [0.05, 0.1) is 4.90 Å². The highest BCUT2D eigenvalue weighted by Crippen LogP contribution is 2.26. The molecular formula is C6H2ClF3S. The molecule has 60 valence electrons. The smallest absolute Gasteiger partial charge is 0.161 e. The van der Waals surface area contributed by atoms with E-state index in [0.717, 1.165) is 0 Å². The van der Waals surface area contributed by atoms with Gasteiger partial charge >= 0.3 is 0 Å². The van der Waals surface area contributed by atoms with E-state index in [1.807, 2.05) is 0 Å². The molecule has 0 N–H and O–H groups in total. The van der Waals surface area contributed by atoms with Gasteiger partial charge in [-0.3, -0.25) is 0 Å². The molecule has 0 heterocycles. The lowest BCUT2D eigenvalue weighted by atomic mass is 10.3. The van der Waals surface area contributed by atoms with Crippen molar-refractivity contribution in [3.8, 4) is 0 Å². The van der Waals surface area contributed by atoms with Crippen molar-refractivity contribution in [2.24, 2.45) is 0 Å². The average molecular weight is 199 g/mol. The van der Waals surface area contributed by atoms with Crippen LogP contribution in [-0.4, -0.2) is 0 Å². The Balaban J connectivity index is 3.21. The summed E-state index contributed by atoms with van der Waals surface area (Å²) in [4.78, 5) is -0.120. The average Bonchev–Trinajstić information content (AvgIpc) is 1.97. The van der Waals surface area contributed by atoms with Crippen LogP contribution < -0.4 is 0 Å². The van der Waals surface area contributed by atoms with Crippen molar-refractivity contribution in [2.75, 3.05) is 0 Å². The minimum Gasteiger partial charge on any atom is -0.206 e. The molecule has 0 aliphatic heterocycles. The zero-order chi connectivity index (χ0) is 8.43. The van der Waals surface area contributed by atoms with E-state index in [1.54, 1.807) is 0 Å². The van der Waals surface area contributed by atoms with Gasteiger partial charge in [-0.1, -0.05) is 0 Å². The van der Waals surface area contributed by atoms with E-state index < -0.39 is 17.5 Å². The molecule has 0 aliphatic rings. The first-order valence-corrected chi connectivity index (χ1v) is 4.22. The van der Waals surface area contributed by atoms with Gasteiger partial charge in [0.15, 0.2) is 11.6 Å². The molecule has 1 aromatic carbocycles. The van der Waals surface area contributed by atoms with E-state index >= 15 is 0 Å². The minimum absolute atomic E-state index is 0.120. The van der Waals surface area contributed by atoms with Gasteiger partial charge in [0.25, 0.3) is 0 Å². The van der Waals surface area contributed by atoms with Crippen molar-refractivity contribution in [3.63, 3.8) is 0 Å². The maximum atomic E-state index is 12.5. The van der Waals surface area contributed by atoms with Crippen LogP contribution in [0.25, 0.3) is 0 Å². The molecule has 1 aromatic rings. The molecule has 0 radical (unpaired) electrons. The third kappa shape index (κ3) is 1.81. The molecule has 0 spiro atoms. The fourth-order valence-corrected chi connectivity index (χ4v) is 1.20. The van der Waals surface area contributed by atoms with Gasteiger partial charge in [-0.2, -0.15) is 0 Å². The summed E-state index contributed by atoms with van der Waals surface area (Å²) in [5, 5.41) is 0. The van der Waals surface area contributed by atoms with Crippen molar-refractivity contribution in [3.05, 3.63) is 29.6 Å². The molecule has 0 bridgehead atoms. The summed E-state index contributed by atoms with van der Waals surface area (Å²) >= 11 is 0. The van der Waals surface area contributed by atoms with Crippen molar-refractivity contribution < 1.29 is 13.2 Å². The number of hydrogen-bond acceptors (Lipinski definition) is 1. The molecule has 0 fully saturated rings. The van der Waals surface area contributed by atoms with Crippen LogP contribution >= 0.6 is 21.7 Å². The molecular weight excluding hydrogens is 197 g/mol. The Kier molecular flexibility index (Phi) is 2.67. The number of benzene rings is 1. The van der Waals surface area contributed by atoms with Gasteiger partial charge in [-0.05, 0) is 27.7 Å². The van der Waals surface area contributed by atoms with E-state index in [2.05, 4.69) is 0 Å². The molecule has 5 heteroatoms. The van der Waals surface area contributed by atoms with E-state index in [4.69, 9.17) is 10.7 Å². The summed E-state index contributed by atoms with van der Waals surface area (Å²) < 4.78 is 37.1. The highest BCUT2D eigenvalue weighted by atomic mass is 35.7. The molecule has 0 aliphatic carbocycles. The van der Waals surface area contributed by atoms with Gasteiger partial charge in [0.1, 0.15) is 5.82 Å². The zero-order valence-electron chi connectivity index (χ0n) is 5.07. The van der Waals surface area contributed by atoms with Crippen LogP contribution in [0.4, 0.5) is 13.2 Å². The predicted octanol–water partition coefficient (Wildman–Crippen LogP) is 3.35. The Morgan fingerprint density at radius 1 is 1.00 bits per heavy atom. The summed E-state index contributed by atoms with van der Waals surface area (Å²) in [6, 6.07) is 1.17. The fourth-order valence-electron chi connectivity index (χ4n) is 0.563. The van der Waals surface area contributed by atoms with Crippen LogP contribution in [0.15, 0.2) is 17.0 Å². The first-order valence-electron chi connectivity index (χ1n) is 2.58. The molecule has 0 saturated carbocycles. The van der Waals surface area contributed by atoms with Gasteiger partial charge in [0, 0.05) is 6.07 Å². The van der Waals surface area contributed by atoms with E-state index in [1.165, 1.54) is 0 Å². The van der Waals surface area contributed by atoms with Gasteiger partial charge in [-0.15, -0.1) is 0 Å². The monoisotopic (exact) mass is 198 g/mol. The SMILES string of the molecule is Fc1cc(F)c(SCl)cc1F. The molecule has 1 rings (SSSR count). The van der Waals surface area contributed by atoms with Crippen LogP contribution in [0.1, 0.15) is 0 Å². The Morgan fingerprint density at radius 2 is 1.55 bits per heavy atom. The van der Waals surface area contributed by atoms with E-state index in [0.29, 0.717) is 23.1 Å². The molecule has 0 unspecified atom stereocenters. The van der Waals surface area contributed by atoms with E-state index in [9.17, 15) is 13.2 Å². The Bertz CT molecular complexity index is 277. The van der Waals surface area contributed by atoms with Crippen molar-refractivity contribution >= 4 is 21.7 Å². The number of hydrogen-bond donors (Lipinski definition) is 0. The largest absolute Gasteiger partial charge is 0.206 e. The summed E-state index contributed by atoms with van der Waals surface area (Å²) in [7, 11) is 5.65. The van der Waals surface area contributed by atoms with Gasteiger partial charge in [-0.25, -0.2) is 13.2 Å². The zero-order valence-corrected chi connectivity index (χ0v) is 6.65. The first-order chi connectivity index (χ1) is 5.15. The number of halogens is 4. The molecule has 11 heavy (non-hydrogen) atoms. The number of rotatable bonds is 1. The lowest BCUT2D eigenvalue weighted by Crippen LogP contribution is -1.87. The van der Waals surface area contributed by atoms with Crippen LogP contribution in [0.3, 0.4) is 0 Å². The third-order valence-electron chi connectivity index (χ3n) is 1.06. The second-order valence-corrected chi connectivity index (χ2v) is 2.83. The Hall–Kier alpha value is -0.350. The van der Waals surface area contributed by atoms with Crippen LogP contribution in [0.5, 0.6) is 0 Å². The van der Waals surface area contributed by atoms with Crippen LogP contribution in [-0.2, 0) is 0 Å². The topological polar surface area (TPSA) is 0 Å². The highest BCUT2D eigenvalue weighted by molar-refractivity contribution is 8.21. The fraction of sp³-hybridized carbons (Fsp3) is 0. The Labute approximate surface area is 69.9 Å². The molecule has 0 aromatic heterocycles. The lowest BCUT2D eigenvalue weighted by molar-refractivity contribution is 0.486. The quantitative estimate of drug-likeness (QED) is 0.624. The molecule has 0 atom stereocenters. The third-order valence-corrected chi connectivity index (χ3v) is 2.04. The minimum atomic E-state index is -1.21. The summed E-state index contributed by atoms with van der Waals surface area (Å²) in [5.41, 5.74) is 0. The van der Waals surface area contributed by atoms with E-state index in [-0.39, 0.29) is 4.90 Å². The van der Waals surface area contributed by atoms with Crippen LogP contribution in [0.2, 0.25) is 0 Å². The predicted molar refractivity (Wildman–Crippen MR) is 38.0 cm³/mol. The highest BCUT2D eigenvalue weighted by Gasteiger charge is 2.08. The van der Waals surface area contributed by atoms with Crippen LogP contribution in [0, 0.1) is 17.5 Å². The van der Waals surface area contributed by atoms with Gasteiger partial charge < -0.3 is 0 Å². The Morgan fingerprint density at radius 3 is 2.09 bits per heavy atom. The van der Waals surface area contributed by atoms with Crippen molar-refractivity contribution in [1.82, 2.24) is 0 Å². The molecule has 0 saturated heterocycles. The first kappa shape index (κ1) is 8.74. The molecule has 0 nitrogen and oxygen atoms in total. The van der Waals surface area contributed by atoms with Gasteiger partial charge in [0.2, 0.25) is 0 Å². The summed E-state index contributed by atoms with van der Waals surface area (Å²) in [6.45, 7) is 0. The standard InChI is InChI=1S/C6H2ClF3S/c7-11-6-2-4(9)3(8)1-5(6)10/h1-2H. The summed E-state index contributed by atoms with van der Waals surface area (Å²) in [5.74, 6) is -3.17. The summed E-state index contributed by atoms with van der Waals surface area (Å²) in [6.07, 6.45) is 0. The second kappa shape index (κ2) is 3.36. The normalized spacial score (nSPS) is 10.2. The molecule has 0 amide bonds. The maximum absolute atomic E-state index is 12.5. The van der Waals surface area contributed by atoms with Crippen molar-refractivity contribution in [2.45, 2.75) is 4.90 Å².